The van der Waals surface area contributed by atoms with Crippen molar-refractivity contribution in [2.75, 3.05) is 24.7 Å². The van der Waals surface area contributed by atoms with Crippen LogP contribution in [0, 0.1) is 6.92 Å². The fourth-order valence-corrected chi connectivity index (χ4v) is 2.05. The lowest BCUT2D eigenvalue weighted by Crippen LogP contribution is -2.07. The van der Waals surface area contributed by atoms with Gasteiger partial charge < -0.3 is 10.6 Å². The predicted molar refractivity (Wildman–Crippen MR) is 68.8 cm³/mol. The van der Waals surface area contributed by atoms with Crippen LogP contribution in [0.2, 0.25) is 0 Å². The number of nitrogens with zero attached hydrogens (tertiary/aromatic N) is 3. The second kappa shape index (κ2) is 4.09. The number of hydrogen-bond donors (Lipinski definition) is 1. The standard InChI is InChI=1S/C11H14N4S/c1-7-4-5-8(6-9(7)12)10-13-14-11(16-10)15(2)3/h4-6H,12H2,1-3H3. The summed E-state index contributed by atoms with van der Waals surface area (Å²) in [7, 11) is 3.90. The topological polar surface area (TPSA) is 55.0 Å². The number of aromatic nitrogens is 2. The van der Waals surface area contributed by atoms with Crippen molar-refractivity contribution in [2.24, 2.45) is 0 Å². The molecule has 0 aliphatic carbocycles. The Bertz CT molecular complexity index is 504. The fraction of sp³-hybridized carbons (Fsp3) is 0.273. The second-order valence-electron chi connectivity index (χ2n) is 3.86. The van der Waals surface area contributed by atoms with E-state index in [0.717, 1.165) is 27.0 Å². The molecule has 0 radical (unpaired) electrons. The van der Waals surface area contributed by atoms with Crippen LogP contribution in [0.3, 0.4) is 0 Å². The average Bonchev–Trinajstić information content (AvgIpc) is 2.71. The molecular formula is C11H14N4S. The molecule has 2 N–H and O–H groups in total. The van der Waals surface area contributed by atoms with Crippen LogP contribution in [0.1, 0.15) is 5.56 Å². The molecule has 5 heteroatoms. The summed E-state index contributed by atoms with van der Waals surface area (Å²) in [6, 6.07) is 5.96. The van der Waals surface area contributed by atoms with Crippen molar-refractivity contribution in [3.63, 3.8) is 0 Å². The van der Waals surface area contributed by atoms with Crippen molar-refractivity contribution in [1.29, 1.82) is 0 Å². The Balaban J connectivity index is 2.39. The predicted octanol–water partition coefficient (Wildman–Crippen LogP) is 2.16. The van der Waals surface area contributed by atoms with Gasteiger partial charge in [0.15, 0.2) is 0 Å². The number of anilines is 2. The van der Waals surface area contributed by atoms with Crippen LogP contribution in [-0.4, -0.2) is 24.3 Å². The smallest absolute Gasteiger partial charge is 0.208 e. The van der Waals surface area contributed by atoms with Crippen LogP contribution in [0.5, 0.6) is 0 Å². The van der Waals surface area contributed by atoms with Crippen LogP contribution in [0.25, 0.3) is 10.6 Å². The van der Waals surface area contributed by atoms with E-state index < -0.39 is 0 Å². The Kier molecular flexibility index (Phi) is 2.78. The molecule has 1 aromatic heterocycles. The van der Waals surface area contributed by atoms with Crippen molar-refractivity contribution >= 4 is 22.2 Å². The number of hydrogen-bond acceptors (Lipinski definition) is 5. The monoisotopic (exact) mass is 234 g/mol. The van der Waals surface area contributed by atoms with Crippen LogP contribution in [0.15, 0.2) is 18.2 Å². The minimum Gasteiger partial charge on any atom is -0.398 e. The lowest BCUT2D eigenvalue weighted by Gasteiger charge is -2.04. The molecule has 0 spiro atoms. The molecule has 1 heterocycles. The highest BCUT2D eigenvalue weighted by Crippen LogP contribution is 2.29. The van der Waals surface area contributed by atoms with Crippen LogP contribution >= 0.6 is 11.3 Å². The highest BCUT2D eigenvalue weighted by atomic mass is 32.1. The molecule has 4 nitrogen and oxygen atoms in total. The molecule has 0 fully saturated rings. The lowest BCUT2D eigenvalue weighted by atomic mass is 10.1. The molecule has 0 atom stereocenters. The van der Waals surface area contributed by atoms with Gasteiger partial charge in [0.1, 0.15) is 5.01 Å². The van der Waals surface area contributed by atoms with Gasteiger partial charge >= 0.3 is 0 Å². The van der Waals surface area contributed by atoms with Crippen LogP contribution in [-0.2, 0) is 0 Å². The molecule has 84 valence electrons. The largest absolute Gasteiger partial charge is 0.398 e. The highest BCUT2D eigenvalue weighted by molar-refractivity contribution is 7.18. The van der Waals surface area contributed by atoms with Crippen molar-refractivity contribution in [3.05, 3.63) is 23.8 Å². The Morgan fingerprint density at radius 3 is 2.56 bits per heavy atom. The SMILES string of the molecule is Cc1ccc(-c2nnc(N(C)C)s2)cc1N. The number of rotatable bonds is 2. The first-order valence-corrected chi connectivity index (χ1v) is 5.77. The van der Waals surface area contributed by atoms with Crippen LogP contribution < -0.4 is 10.6 Å². The van der Waals surface area contributed by atoms with Gasteiger partial charge in [0.25, 0.3) is 0 Å². The van der Waals surface area contributed by atoms with E-state index in [0.29, 0.717) is 0 Å². The molecular weight excluding hydrogens is 220 g/mol. The summed E-state index contributed by atoms with van der Waals surface area (Å²) in [6.07, 6.45) is 0. The van der Waals surface area contributed by atoms with Crippen LogP contribution in [0.4, 0.5) is 10.8 Å². The molecule has 0 unspecified atom stereocenters. The maximum absolute atomic E-state index is 5.87. The molecule has 1 aromatic carbocycles. The van der Waals surface area contributed by atoms with E-state index in [1.165, 1.54) is 0 Å². The van der Waals surface area contributed by atoms with Gasteiger partial charge in [-0.05, 0) is 18.6 Å². The maximum Gasteiger partial charge on any atom is 0.208 e. The molecule has 0 aliphatic heterocycles. The Hall–Kier alpha value is -1.62. The van der Waals surface area contributed by atoms with Gasteiger partial charge in [0.05, 0.1) is 0 Å². The molecule has 2 rings (SSSR count). The van der Waals surface area contributed by atoms with Gasteiger partial charge in [-0.15, -0.1) is 10.2 Å². The second-order valence-corrected chi connectivity index (χ2v) is 4.81. The third-order valence-electron chi connectivity index (χ3n) is 2.32. The maximum atomic E-state index is 5.87. The molecule has 0 aliphatic rings. The van der Waals surface area contributed by atoms with Gasteiger partial charge in [-0.25, -0.2) is 0 Å². The first-order valence-electron chi connectivity index (χ1n) is 4.95. The molecule has 0 saturated carbocycles. The molecule has 2 aromatic rings. The van der Waals surface area contributed by atoms with E-state index in [9.17, 15) is 0 Å². The van der Waals surface area contributed by atoms with E-state index in [2.05, 4.69) is 10.2 Å². The summed E-state index contributed by atoms with van der Waals surface area (Å²) >= 11 is 1.56. The van der Waals surface area contributed by atoms with Crippen molar-refractivity contribution < 1.29 is 0 Å². The summed E-state index contributed by atoms with van der Waals surface area (Å²) in [6.45, 7) is 1.99. The van der Waals surface area contributed by atoms with Gasteiger partial charge in [-0.3, -0.25) is 0 Å². The van der Waals surface area contributed by atoms with Gasteiger partial charge in [-0.1, -0.05) is 23.5 Å². The summed E-state index contributed by atoms with van der Waals surface area (Å²) < 4.78 is 0. The third-order valence-corrected chi connectivity index (χ3v) is 3.46. The Morgan fingerprint density at radius 1 is 1.25 bits per heavy atom. The van der Waals surface area contributed by atoms with E-state index in [1.54, 1.807) is 11.3 Å². The van der Waals surface area contributed by atoms with Gasteiger partial charge in [0.2, 0.25) is 5.13 Å². The fourth-order valence-electron chi connectivity index (χ4n) is 1.29. The molecule has 0 bridgehead atoms. The minimum absolute atomic E-state index is 0.791. The zero-order chi connectivity index (χ0) is 11.7. The minimum atomic E-state index is 0.791. The number of nitrogen functional groups attached to an aromatic ring is 1. The molecule has 0 amide bonds. The quantitative estimate of drug-likeness (QED) is 0.809. The summed E-state index contributed by atoms with van der Waals surface area (Å²) in [5.41, 5.74) is 8.77. The van der Waals surface area contributed by atoms with Crippen molar-refractivity contribution in [3.8, 4) is 10.6 Å². The van der Waals surface area contributed by atoms with Gasteiger partial charge in [0, 0.05) is 25.3 Å². The van der Waals surface area contributed by atoms with E-state index in [-0.39, 0.29) is 0 Å². The lowest BCUT2D eigenvalue weighted by molar-refractivity contribution is 1.02. The Morgan fingerprint density at radius 2 is 2.00 bits per heavy atom. The summed E-state index contributed by atoms with van der Waals surface area (Å²) in [5.74, 6) is 0. The summed E-state index contributed by atoms with van der Waals surface area (Å²) in [4.78, 5) is 1.94. The van der Waals surface area contributed by atoms with E-state index >= 15 is 0 Å². The molecule has 16 heavy (non-hydrogen) atoms. The third kappa shape index (κ3) is 1.99. The number of benzene rings is 1. The zero-order valence-electron chi connectivity index (χ0n) is 9.56. The van der Waals surface area contributed by atoms with Gasteiger partial charge in [-0.2, -0.15) is 0 Å². The zero-order valence-corrected chi connectivity index (χ0v) is 10.4. The van der Waals surface area contributed by atoms with Crippen molar-refractivity contribution in [2.45, 2.75) is 6.92 Å². The normalized spacial score (nSPS) is 10.4. The average molecular weight is 234 g/mol. The number of nitrogens with two attached hydrogens (primary N) is 1. The first-order chi connectivity index (χ1) is 7.58. The first kappa shape index (κ1) is 10.9. The Labute approximate surface area is 98.7 Å². The molecule has 0 saturated heterocycles. The van der Waals surface area contributed by atoms with E-state index in [1.807, 2.05) is 44.1 Å². The summed E-state index contributed by atoms with van der Waals surface area (Å²) in [5, 5.41) is 10.0. The van der Waals surface area contributed by atoms with Crippen molar-refractivity contribution in [1.82, 2.24) is 10.2 Å². The highest BCUT2D eigenvalue weighted by Gasteiger charge is 2.08. The van der Waals surface area contributed by atoms with E-state index in [4.69, 9.17) is 5.73 Å². The number of aryl methyl sites for hydroxylation is 1.